The zero-order valence-electron chi connectivity index (χ0n) is 24.6. The van der Waals surface area contributed by atoms with E-state index in [0.29, 0.717) is 40.8 Å². The van der Waals surface area contributed by atoms with Crippen molar-refractivity contribution in [3.63, 3.8) is 0 Å². The molecule has 3 aromatic heterocycles. The molecular weight excluding hydrogens is 615 g/mol. The van der Waals surface area contributed by atoms with Gasteiger partial charge in [0.1, 0.15) is 10.5 Å². The minimum Gasteiger partial charge on any atom is -0.481 e. The van der Waals surface area contributed by atoms with Gasteiger partial charge < -0.3 is 14.6 Å². The van der Waals surface area contributed by atoms with Crippen LogP contribution in [-0.2, 0) is 32.3 Å². The van der Waals surface area contributed by atoms with Gasteiger partial charge in [-0.2, -0.15) is 17.5 Å². The molecule has 1 unspecified atom stereocenters. The lowest BCUT2D eigenvalue weighted by atomic mass is 9.85. The molecule has 15 heteroatoms. The van der Waals surface area contributed by atoms with Crippen molar-refractivity contribution < 1.29 is 41.0 Å². The monoisotopic (exact) mass is 645 g/mol. The lowest BCUT2D eigenvalue weighted by molar-refractivity contribution is -0.145. The Morgan fingerprint density at radius 1 is 1.16 bits per heavy atom. The summed E-state index contributed by atoms with van der Waals surface area (Å²) in [5, 5.41) is 16.9. The first-order chi connectivity index (χ1) is 21.2. The Morgan fingerprint density at radius 3 is 2.62 bits per heavy atom. The van der Waals surface area contributed by atoms with Crippen LogP contribution in [0.5, 0.6) is 5.88 Å². The molecule has 1 N–H and O–H groups in total. The third kappa shape index (κ3) is 5.64. The highest BCUT2D eigenvalue weighted by Gasteiger charge is 2.47. The van der Waals surface area contributed by atoms with Gasteiger partial charge >= 0.3 is 12.1 Å². The van der Waals surface area contributed by atoms with Crippen molar-refractivity contribution in [1.29, 1.82) is 0 Å². The second-order valence-corrected chi connectivity index (χ2v) is 13.5. The van der Waals surface area contributed by atoms with Crippen LogP contribution in [-0.4, -0.2) is 68.7 Å². The van der Waals surface area contributed by atoms with Crippen LogP contribution in [0.2, 0.25) is 0 Å². The van der Waals surface area contributed by atoms with Crippen LogP contribution in [0, 0.1) is 20.8 Å². The number of benzene rings is 1. The fourth-order valence-electron chi connectivity index (χ4n) is 6.03. The van der Waals surface area contributed by atoms with Crippen LogP contribution >= 0.6 is 0 Å². The van der Waals surface area contributed by atoms with Gasteiger partial charge in [0.25, 0.3) is 0 Å². The maximum atomic E-state index is 14.1. The topological polar surface area (TPSA) is 136 Å². The van der Waals surface area contributed by atoms with E-state index in [-0.39, 0.29) is 42.5 Å². The summed E-state index contributed by atoms with van der Waals surface area (Å²) in [5.41, 5.74) is 2.45. The second-order valence-electron chi connectivity index (χ2n) is 11.6. The molecule has 1 aromatic carbocycles. The molecule has 11 nitrogen and oxygen atoms in total. The van der Waals surface area contributed by atoms with Crippen LogP contribution < -0.4 is 4.74 Å². The van der Waals surface area contributed by atoms with Crippen molar-refractivity contribution in [2.45, 2.75) is 62.7 Å². The predicted molar refractivity (Wildman–Crippen MR) is 153 cm³/mol. The number of aliphatic carboxylic acids is 1. The summed E-state index contributed by atoms with van der Waals surface area (Å²) in [6, 6.07) is 8.25. The first kappa shape index (κ1) is 30.9. The minimum absolute atomic E-state index is 0.0111. The molecular formula is C30H30F3N5O6S. The van der Waals surface area contributed by atoms with Gasteiger partial charge in [-0.3, -0.25) is 9.20 Å². The zero-order chi connectivity index (χ0) is 32.3. The van der Waals surface area contributed by atoms with Crippen molar-refractivity contribution >= 4 is 21.6 Å². The first-order valence-electron chi connectivity index (χ1n) is 14.1. The molecule has 0 radical (unpaired) electrons. The van der Waals surface area contributed by atoms with E-state index in [2.05, 4.69) is 15.2 Å². The smallest absolute Gasteiger partial charge is 0.452 e. The normalized spacial score (nSPS) is 20.6. The molecule has 238 valence electrons. The number of ether oxygens (including phenoxy) is 2. The van der Waals surface area contributed by atoms with Crippen LogP contribution in [0.3, 0.4) is 0 Å². The number of halogens is 3. The van der Waals surface area contributed by atoms with E-state index >= 15 is 0 Å². The Bertz CT molecular complexity index is 1920. The van der Waals surface area contributed by atoms with E-state index in [1.165, 1.54) is 22.6 Å². The van der Waals surface area contributed by atoms with Gasteiger partial charge in [0, 0.05) is 31.3 Å². The van der Waals surface area contributed by atoms with E-state index < -0.39 is 39.5 Å². The average molecular weight is 646 g/mol. The number of nitrogens with zero attached hydrogens (tertiary/aromatic N) is 5. The van der Waals surface area contributed by atoms with Crippen molar-refractivity contribution in [3.8, 4) is 5.88 Å². The molecule has 6 rings (SSSR count). The summed E-state index contributed by atoms with van der Waals surface area (Å²) in [5.74, 6) is -3.05. The third-order valence-electron chi connectivity index (χ3n) is 8.41. The molecule has 4 aromatic rings. The maximum absolute atomic E-state index is 14.1. The first-order valence-corrected chi connectivity index (χ1v) is 15.6. The SMILES string of the molecule is Cc1cnc2c(c1)S(=O)(=O)N(Cc1cc(C(CC(=O)O)c3ccn4c(C(F)(F)F)nnc4c3C)ccc1C)C[C@]1(CCOC1)O2. The highest BCUT2D eigenvalue weighted by Crippen LogP contribution is 2.39. The lowest BCUT2D eigenvalue weighted by Crippen LogP contribution is -2.47. The number of fused-ring (bicyclic) bond motifs is 2. The molecule has 1 fully saturated rings. The van der Waals surface area contributed by atoms with Gasteiger partial charge in [-0.05, 0) is 66.3 Å². The van der Waals surface area contributed by atoms with Crippen molar-refractivity contribution in [2.75, 3.05) is 19.8 Å². The van der Waals surface area contributed by atoms with Crippen LogP contribution in [0.25, 0.3) is 5.65 Å². The Kier molecular flexibility index (Phi) is 7.61. The quantitative estimate of drug-likeness (QED) is 0.323. The zero-order valence-corrected chi connectivity index (χ0v) is 25.4. The summed E-state index contributed by atoms with van der Waals surface area (Å²) >= 11 is 0. The van der Waals surface area contributed by atoms with E-state index in [9.17, 15) is 31.5 Å². The third-order valence-corrected chi connectivity index (χ3v) is 10.2. The fraction of sp³-hybridized carbons (Fsp3) is 0.400. The molecule has 5 heterocycles. The number of pyridine rings is 2. The molecule has 2 atom stereocenters. The number of rotatable bonds is 6. The van der Waals surface area contributed by atoms with E-state index in [4.69, 9.17) is 9.47 Å². The van der Waals surface area contributed by atoms with Crippen LogP contribution in [0.4, 0.5) is 13.2 Å². The summed E-state index contributed by atoms with van der Waals surface area (Å²) < 4.78 is 82.5. The van der Waals surface area contributed by atoms with E-state index in [0.717, 1.165) is 9.96 Å². The Balaban J connectivity index is 1.42. The molecule has 0 amide bonds. The second kappa shape index (κ2) is 11.1. The van der Waals surface area contributed by atoms with Gasteiger partial charge in [-0.15, -0.1) is 10.2 Å². The van der Waals surface area contributed by atoms with E-state index in [1.807, 2.05) is 6.92 Å². The Morgan fingerprint density at radius 2 is 1.93 bits per heavy atom. The number of alkyl halides is 3. The summed E-state index contributed by atoms with van der Waals surface area (Å²) in [7, 11) is -4.08. The summed E-state index contributed by atoms with van der Waals surface area (Å²) in [6.07, 6.45) is -1.89. The number of aromatic nitrogens is 4. The number of carbonyl (C=O) groups is 1. The predicted octanol–water partition coefficient (Wildman–Crippen LogP) is 4.42. The molecule has 2 aliphatic rings. The molecule has 1 saturated heterocycles. The number of hydrogen-bond acceptors (Lipinski definition) is 8. The highest BCUT2D eigenvalue weighted by molar-refractivity contribution is 7.89. The Hall–Kier alpha value is -4.08. The lowest BCUT2D eigenvalue weighted by Gasteiger charge is -2.30. The molecule has 45 heavy (non-hydrogen) atoms. The van der Waals surface area contributed by atoms with E-state index in [1.54, 1.807) is 38.2 Å². The van der Waals surface area contributed by atoms with Crippen molar-refractivity contribution in [2.24, 2.45) is 0 Å². The Labute approximate surface area is 256 Å². The maximum Gasteiger partial charge on any atom is 0.452 e. The minimum atomic E-state index is -4.73. The molecule has 1 spiro atoms. The van der Waals surface area contributed by atoms with Crippen LogP contribution in [0.15, 0.2) is 47.6 Å². The average Bonchev–Trinajstić information content (AvgIpc) is 3.60. The summed E-state index contributed by atoms with van der Waals surface area (Å²) in [4.78, 5) is 16.3. The number of sulfonamides is 1. The highest BCUT2D eigenvalue weighted by atomic mass is 32.2. The van der Waals surface area contributed by atoms with Gasteiger partial charge in [-0.1, -0.05) is 18.2 Å². The molecule has 2 aliphatic heterocycles. The largest absolute Gasteiger partial charge is 0.481 e. The number of carboxylic acid groups (broad SMARTS) is 1. The van der Waals surface area contributed by atoms with Gasteiger partial charge in [0.15, 0.2) is 5.65 Å². The van der Waals surface area contributed by atoms with Crippen LogP contribution in [0.1, 0.15) is 58.0 Å². The standard InChI is InChI=1S/C30H30F3N5O6S/c1-17-10-24-27(34-13-17)44-29(7-9-43-16-29)15-37(45(24,41)42)14-21-11-20(5-4-18(21)2)23(12-25(39)40)22-6-8-38-26(19(22)3)35-36-28(38)30(31,32)33/h4-6,8,10-11,13,23H,7,9,12,14-16H2,1-3H3,(H,39,40)/t23?,29-/m0/s1. The van der Waals surface area contributed by atoms with Gasteiger partial charge in [0.05, 0.1) is 26.2 Å². The number of aryl methyl sites for hydroxylation is 3. The van der Waals surface area contributed by atoms with Crippen molar-refractivity contribution in [3.05, 3.63) is 81.9 Å². The fourth-order valence-corrected chi connectivity index (χ4v) is 7.67. The number of carboxylic acids is 1. The molecule has 0 bridgehead atoms. The van der Waals surface area contributed by atoms with Gasteiger partial charge in [0.2, 0.25) is 21.7 Å². The molecule has 0 saturated carbocycles. The van der Waals surface area contributed by atoms with Crippen molar-refractivity contribution in [1.82, 2.24) is 23.9 Å². The molecule has 0 aliphatic carbocycles. The number of hydrogen-bond donors (Lipinski definition) is 1. The summed E-state index contributed by atoms with van der Waals surface area (Å²) in [6.45, 7) is 5.70. The van der Waals surface area contributed by atoms with Gasteiger partial charge in [-0.25, -0.2) is 13.4 Å².